The number of amides is 3. The van der Waals surface area contributed by atoms with Gasteiger partial charge in [-0.25, -0.2) is 0 Å². The predicted octanol–water partition coefficient (Wildman–Crippen LogP) is 1.63. The van der Waals surface area contributed by atoms with Crippen molar-refractivity contribution in [3.8, 4) is 5.69 Å². The number of aromatic nitrogens is 4. The molecular weight excluding hydrogens is 522 g/mol. The molecule has 0 aliphatic carbocycles. The fraction of sp³-hybridized carbons (Fsp3) is 0.231. The molecule has 3 heterocycles. The third-order valence-corrected chi connectivity index (χ3v) is 6.65. The molecule has 2 aliphatic heterocycles. The molecule has 3 amide bonds. The van der Waals surface area contributed by atoms with E-state index in [9.17, 15) is 14.4 Å². The first-order valence-corrected chi connectivity index (χ1v) is 12.5. The van der Waals surface area contributed by atoms with E-state index >= 15 is 0 Å². The summed E-state index contributed by atoms with van der Waals surface area (Å²) >= 11 is 6.22. The van der Waals surface area contributed by atoms with Crippen LogP contribution in [-0.2, 0) is 20.8 Å². The average molecular weight is 548 g/mol. The Morgan fingerprint density at radius 1 is 1.15 bits per heavy atom. The molecule has 0 spiro atoms. The second kappa shape index (κ2) is 11.0. The van der Waals surface area contributed by atoms with Gasteiger partial charge in [-0.2, -0.15) is 4.68 Å². The first-order chi connectivity index (χ1) is 18.8. The van der Waals surface area contributed by atoms with Crippen LogP contribution in [0.2, 0.25) is 5.02 Å². The molecule has 2 aromatic carbocycles. The maximum atomic E-state index is 13.7. The van der Waals surface area contributed by atoms with Crippen LogP contribution in [0.3, 0.4) is 0 Å². The lowest BCUT2D eigenvalue weighted by Crippen LogP contribution is -2.47. The molecule has 2 aliphatic rings. The minimum absolute atomic E-state index is 0.222. The highest BCUT2D eigenvalue weighted by molar-refractivity contribution is 6.30. The molecule has 0 radical (unpaired) electrons. The molecule has 1 aromatic heterocycles. The molecule has 1 atom stereocenters. The summed E-state index contributed by atoms with van der Waals surface area (Å²) in [5.74, 6) is -0.408. The van der Waals surface area contributed by atoms with Crippen molar-refractivity contribution in [3.63, 3.8) is 0 Å². The van der Waals surface area contributed by atoms with E-state index in [1.54, 1.807) is 52.3 Å². The predicted molar refractivity (Wildman–Crippen MR) is 142 cm³/mol. The number of carbonyl (C=O) groups is 3. The summed E-state index contributed by atoms with van der Waals surface area (Å²) in [4.78, 5) is 42.0. The summed E-state index contributed by atoms with van der Waals surface area (Å²) in [6.07, 6.45) is 6.77. The van der Waals surface area contributed by atoms with Gasteiger partial charge in [0.05, 0.1) is 11.9 Å². The summed E-state index contributed by atoms with van der Waals surface area (Å²) in [6, 6.07) is 11.9. The first-order valence-electron chi connectivity index (χ1n) is 12.2. The number of hydrogen-bond acceptors (Lipinski definition) is 8. The monoisotopic (exact) mass is 547 g/mol. The molecule has 0 unspecified atom stereocenters. The molecule has 5 rings (SSSR count). The van der Waals surface area contributed by atoms with Crippen molar-refractivity contribution in [2.75, 3.05) is 20.3 Å². The standard InChI is InChI=1S/C26H26ClN9O3/c1-17(37)30-34-14-23(33(2)16-34)29-26(39)25-21-6-4-3-5-18(21)11-12-35(25)24(38)10-7-19-13-20(27)8-9-22(19)36-15-28-31-32-36/h3-10,13-15,25H,11-12,16H2,1-2H3,(H,29,39)(H,30,37)/b10-7+/t25-/m0/s1. The first kappa shape index (κ1) is 25.9. The van der Waals surface area contributed by atoms with Crippen LogP contribution in [-0.4, -0.2) is 73.0 Å². The number of hydrazine groups is 1. The third-order valence-electron chi connectivity index (χ3n) is 6.41. The molecule has 200 valence electrons. The SMILES string of the molecule is CC(=O)NN1C=C(NC(=O)[C@@H]2c3ccccc3CCN2C(=O)/C=C/c2cc(Cl)ccc2-n2cnnn2)N(C)C1. The highest BCUT2D eigenvalue weighted by Crippen LogP contribution is 2.31. The Bertz CT molecular complexity index is 1470. The molecule has 0 bridgehead atoms. The van der Waals surface area contributed by atoms with Crippen LogP contribution < -0.4 is 10.7 Å². The van der Waals surface area contributed by atoms with E-state index in [0.29, 0.717) is 41.7 Å². The quantitative estimate of drug-likeness (QED) is 0.446. The van der Waals surface area contributed by atoms with Gasteiger partial charge in [0.2, 0.25) is 11.8 Å². The zero-order valence-corrected chi connectivity index (χ0v) is 22.0. The zero-order chi connectivity index (χ0) is 27.5. The lowest BCUT2D eigenvalue weighted by Gasteiger charge is -2.36. The Morgan fingerprint density at radius 2 is 1.97 bits per heavy atom. The van der Waals surface area contributed by atoms with Crippen LogP contribution >= 0.6 is 11.6 Å². The van der Waals surface area contributed by atoms with Gasteiger partial charge in [0, 0.05) is 37.2 Å². The fourth-order valence-corrected chi connectivity index (χ4v) is 4.85. The zero-order valence-electron chi connectivity index (χ0n) is 21.3. The number of hydrogen-bond donors (Lipinski definition) is 2. The van der Waals surface area contributed by atoms with Gasteiger partial charge in [0.1, 0.15) is 24.9 Å². The molecule has 13 heteroatoms. The number of carbonyl (C=O) groups excluding carboxylic acids is 3. The van der Waals surface area contributed by atoms with Crippen molar-refractivity contribution >= 4 is 35.4 Å². The van der Waals surface area contributed by atoms with Gasteiger partial charge in [0.15, 0.2) is 0 Å². The summed E-state index contributed by atoms with van der Waals surface area (Å²) in [5.41, 5.74) is 5.73. The second-order valence-corrected chi connectivity index (χ2v) is 9.59. The highest BCUT2D eigenvalue weighted by Gasteiger charge is 2.36. The Morgan fingerprint density at radius 3 is 2.74 bits per heavy atom. The minimum atomic E-state index is -0.852. The van der Waals surface area contributed by atoms with Crippen LogP contribution in [0, 0.1) is 0 Å². The number of halogens is 1. The van der Waals surface area contributed by atoms with Crippen LogP contribution in [0.1, 0.15) is 29.7 Å². The molecule has 0 fully saturated rings. The maximum Gasteiger partial charge on any atom is 0.252 e. The summed E-state index contributed by atoms with van der Waals surface area (Å²) in [7, 11) is 1.79. The number of benzene rings is 2. The normalized spacial score (nSPS) is 16.7. The summed E-state index contributed by atoms with van der Waals surface area (Å²) < 4.78 is 1.48. The van der Waals surface area contributed by atoms with E-state index in [1.165, 1.54) is 24.0 Å². The smallest absolute Gasteiger partial charge is 0.252 e. The Hall–Kier alpha value is -4.71. The van der Waals surface area contributed by atoms with Crippen LogP contribution in [0.15, 0.2) is 66.9 Å². The van der Waals surface area contributed by atoms with Crippen molar-refractivity contribution in [3.05, 3.63) is 88.6 Å². The molecular formula is C26H26ClN9O3. The lowest BCUT2D eigenvalue weighted by molar-refractivity contribution is -0.137. The van der Waals surface area contributed by atoms with E-state index in [4.69, 9.17) is 11.6 Å². The fourth-order valence-electron chi connectivity index (χ4n) is 4.67. The van der Waals surface area contributed by atoms with Gasteiger partial charge < -0.3 is 15.1 Å². The largest absolute Gasteiger partial charge is 0.340 e. The van der Waals surface area contributed by atoms with Crippen molar-refractivity contribution in [2.24, 2.45) is 0 Å². The number of nitrogens with one attached hydrogen (secondary N) is 2. The van der Waals surface area contributed by atoms with Crippen molar-refractivity contribution in [1.29, 1.82) is 0 Å². The van der Waals surface area contributed by atoms with E-state index in [1.807, 2.05) is 24.3 Å². The van der Waals surface area contributed by atoms with Gasteiger partial charge in [-0.15, -0.1) is 5.10 Å². The van der Waals surface area contributed by atoms with Crippen molar-refractivity contribution < 1.29 is 14.4 Å². The molecule has 39 heavy (non-hydrogen) atoms. The Balaban J connectivity index is 1.42. The highest BCUT2D eigenvalue weighted by atomic mass is 35.5. The van der Waals surface area contributed by atoms with E-state index in [2.05, 4.69) is 26.3 Å². The van der Waals surface area contributed by atoms with Gasteiger partial charge in [0.25, 0.3) is 5.91 Å². The van der Waals surface area contributed by atoms with Gasteiger partial charge in [-0.3, -0.25) is 24.8 Å². The summed E-state index contributed by atoms with van der Waals surface area (Å²) in [5, 5.41) is 16.3. The molecule has 0 saturated heterocycles. The average Bonchev–Trinajstić information content (AvgIpc) is 3.56. The van der Waals surface area contributed by atoms with Crippen LogP contribution in [0.5, 0.6) is 0 Å². The molecule has 12 nitrogen and oxygen atoms in total. The molecule has 0 saturated carbocycles. The van der Waals surface area contributed by atoms with E-state index in [0.717, 1.165) is 11.1 Å². The van der Waals surface area contributed by atoms with E-state index in [-0.39, 0.29) is 17.7 Å². The third kappa shape index (κ3) is 5.60. The molecule has 3 aromatic rings. The number of nitrogens with zero attached hydrogens (tertiary/aromatic N) is 7. The number of rotatable bonds is 6. The Kier molecular flexibility index (Phi) is 7.28. The topological polar surface area (TPSA) is 129 Å². The van der Waals surface area contributed by atoms with Crippen molar-refractivity contribution in [2.45, 2.75) is 19.4 Å². The van der Waals surface area contributed by atoms with Crippen molar-refractivity contribution in [1.82, 2.24) is 45.8 Å². The van der Waals surface area contributed by atoms with Gasteiger partial charge in [-0.05, 0) is 52.2 Å². The minimum Gasteiger partial charge on any atom is -0.340 e. The second-order valence-electron chi connectivity index (χ2n) is 9.15. The number of tetrazole rings is 1. The summed E-state index contributed by atoms with van der Waals surface area (Å²) in [6.45, 7) is 2.14. The van der Waals surface area contributed by atoms with E-state index < -0.39 is 6.04 Å². The van der Waals surface area contributed by atoms with Crippen LogP contribution in [0.25, 0.3) is 11.8 Å². The molecule has 2 N–H and O–H groups in total. The van der Waals surface area contributed by atoms with Crippen LogP contribution in [0.4, 0.5) is 0 Å². The van der Waals surface area contributed by atoms with Gasteiger partial charge >= 0.3 is 0 Å². The lowest BCUT2D eigenvalue weighted by atomic mass is 9.91. The van der Waals surface area contributed by atoms with Gasteiger partial charge in [-0.1, -0.05) is 35.9 Å². The number of fused-ring (bicyclic) bond motifs is 1. The maximum absolute atomic E-state index is 13.7. The Labute approximate surface area is 229 Å².